The summed E-state index contributed by atoms with van der Waals surface area (Å²) < 4.78 is 9.81. The standard InChI is InChI=1S/C16H17BO5/c1-10-8-12(16(18)22-3)4-6-13(10)11-5-7-15(21-2)14(9-11)17(19)20/h4-9,19-20H,1-3H3. The molecule has 0 saturated carbocycles. The fourth-order valence-corrected chi connectivity index (χ4v) is 2.34. The number of benzene rings is 2. The highest BCUT2D eigenvalue weighted by Gasteiger charge is 2.18. The second-order valence-electron chi connectivity index (χ2n) is 4.85. The molecule has 0 aromatic heterocycles. The Morgan fingerprint density at radius 3 is 2.36 bits per heavy atom. The van der Waals surface area contributed by atoms with E-state index in [-0.39, 0.29) is 5.46 Å². The van der Waals surface area contributed by atoms with Crippen LogP contribution in [-0.4, -0.2) is 37.4 Å². The highest BCUT2D eigenvalue weighted by molar-refractivity contribution is 6.59. The Morgan fingerprint density at radius 1 is 1.09 bits per heavy atom. The zero-order chi connectivity index (χ0) is 16.3. The molecule has 0 atom stereocenters. The topological polar surface area (TPSA) is 76.0 Å². The smallest absolute Gasteiger partial charge is 0.492 e. The number of carbonyl (C=O) groups excluding carboxylic acids is 1. The summed E-state index contributed by atoms with van der Waals surface area (Å²) in [5.41, 5.74) is 3.33. The maximum Gasteiger partial charge on any atom is 0.492 e. The molecule has 2 N–H and O–H groups in total. The van der Waals surface area contributed by atoms with Gasteiger partial charge in [-0.2, -0.15) is 0 Å². The lowest BCUT2D eigenvalue weighted by atomic mass is 9.78. The Kier molecular flexibility index (Phi) is 4.85. The Balaban J connectivity index is 2.48. The zero-order valence-electron chi connectivity index (χ0n) is 12.7. The van der Waals surface area contributed by atoms with E-state index < -0.39 is 13.1 Å². The third-order valence-electron chi connectivity index (χ3n) is 3.47. The Labute approximate surface area is 129 Å². The number of methoxy groups -OCH3 is 2. The summed E-state index contributed by atoms with van der Waals surface area (Å²) in [5, 5.41) is 18.9. The summed E-state index contributed by atoms with van der Waals surface area (Å²) >= 11 is 0. The molecule has 0 radical (unpaired) electrons. The largest absolute Gasteiger partial charge is 0.497 e. The lowest BCUT2D eigenvalue weighted by Crippen LogP contribution is -2.31. The molecule has 0 aliphatic carbocycles. The minimum Gasteiger partial charge on any atom is -0.497 e. The fraction of sp³-hybridized carbons (Fsp3) is 0.188. The van der Waals surface area contributed by atoms with Crippen LogP contribution in [0.25, 0.3) is 11.1 Å². The molecular formula is C16H17BO5. The highest BCUT2D eigenvalue weighted by atomic mass is 16.5. The second kappa shape index (κ2) is 6.64. The van der Waals surface area contributed by atoms with Crippen molar-refractivity contribution in [3.63, 3.8) is 0 Å². The van der Waals surface area contributed by atoms with Crippen molar-refractivity contribution in [3.8, 4) is 16.9 Å². The molecule has 5 nitrogen and oxygen atoms in total. The van der Waals surface area contributed by atoms with E-state index >= 15 is 0 Å². The maximum absolute atomic E-state index is 11.5. The molecular weight excluding hydrogens is 283 g/mol. The van der Waals surface area contributed by atoms with E-state index in [1.807, 2.05) is 13.0 Å². The van der Waals surface area contributed by atoms with Crippen LogP contribution in [0, 0.1) is 6.92 Å². The van der Waals surface area contributed by atoms with Crippen molar-refractivity contribution in [2.45, 2.75) is 6.92 Å². The van der Waals surface area contributed by atoms with Crippen LogP contribution in [0.5, 0.6) is 5.75 Å². The molecule has 0 bridgehead atoms. The number of esters is 1. The van der Waals surface area contributed by atoms with Crippen molar-refractivity contribution in [2.24, 2.45) is 0 Å². The Bertz CT molecular complexity index is 697. The lowest BCUT2D eigenvalue weighted by Gasteiger charge is -2.12. The van der Waals surface area contributed by atoms with E-state index in [2.05, 4.69) is 0 Å². The first-order valence-corrected chi connectivity index (χ1v) is 6.71. The van der Waals surface area contributed by atoms with Crippen LogP contribution >= 0.6 is 0 Å². The first-order chi connectivity index (χ1) is 10.5. The minimum atomic E-state index is -1.62. The minimum absolute atomic E-state index is 0.288. The molecule has 0 aliphatic heterocycles. The third kappa shape index (κ3) is 3.13. The summed E-state index contributed by atoms with van der Waals surface area (Å²) in [6.07, 6.45) is 0. The van der Waals surface area contributed by atoms with Gasteiger partial charge in [0, 0.05) is 5.46 Å². The van der Waals surface area contributed by atoms with Gasteiger partial charge in [-0.05, 0) is 41.8 Å². The molecule has 22 heavy (non-hydrogen) atoms. The molecule has 0 aliphatic rings. The summed E-state index contributed by atoms with van der Waals surface area (Å²) in [4.78, 5) is 11.5. The monoisotopic (exact) mass is 300 g/mol. The molecule has 2 aromatic carbocycles. The van der Waals surface area contributed by atoms with E-state index in [0.717, 1.165) is 16.7 Å². The number of rotatable bonds is 4. The van der Waals surface area contributed by atoms with Gasteiger partial charge < -0.3 is 19.5 Å². The van der Waals surface area contributed by atoms with Gasteiger partial charge in [0.2, 0.25) is 0 Å². The van der Waals surface area contributed by atoms with E-state index in [0.29, 0.717) is 11.3 Å². The second-order valence-corrected chi connectivity index (χ2v) is 4.85. The zero-order valence-corrected chi connectivity index (χ0v) is 12.7. The molecule has 2 aromatic rings. The first kappa shape index (κ1) is 16.1. The van der Waals surface area contributed by atoms with Gasteiger partial charge in [-0.3, -0.25) is 0 Å². The molecule has 0 spiro atoms. The molecule has 6 heteroatoms. The van der Waals surface area contributed by atoms with Crippen LogP contribution < -0.4 is 10.2 Å². The van der Waals surface area contributed by atoms with Crippen molar-refractivity contribution in [3.05, 3.63) is 47.5 Å². The van der Waals surface area contributed by atoms with Gasteiger partial charge in [-0.25, -0.2) is 4.79 Å². The number of aryl methyl sites for hydroxylation is 1. The highest BCUT2D eigenvalue weighted by Crippen LogP contribution is 2.25. The maximum atomic E-state index is 11.5. The van der Waals surface area contributed by atoms with Crippen LogP contribution in [0.1, 0.15) is 15.9 Å². The molecule has 0 unspecified atom stereocenters. The summed E-state index contributed by atoms with van der Waals surface area (Å²) in [6, 6.07) is 10.4. The Hall–Kier alpha value is -2.31. The van der Waals surface area contributed by atoms with Crippen LogP contribution in [0.15, 0.2) is 36.4 Å². The van der Waals surface area contributed by atoms with Crippen molar-refractivity contribution in [1.82, 2.24) is 0 Å². The quantitative estimate of drug-likeness (QED) is 0.654. The van der Waals surface area contributed by atoms with Crippen molar-refractivity contribution < 1.29 is 24.3 Å². The first-order valence-electron chi connectivity index (χ1n) is 6.71. The van der Waals surface area contributed by atoms with Crippen molar-refractivity contribution >= 4 is 18.6 Å². The van der Waals surface area contributed by atoms with Crippen LogP contribution in [0.4, 0.5) is 0 Å². The summed E-state index contributed by atoms with van der Waals surface area (Å²) in [5.74, 6) is 0.0124. The van der Waals surface area contributed by atoms with Crippen LogP contribution in [0.2, 0.25) is 0 Å². The number of hydrogen-bond acceptors (Lipinski definition) is 5. The van der Waals surface area contributed by atoms with E-state index in [9.17, 15) is 14.8 Å². The average molecular weight is 300 g/mol. The van der Waals surface area contributed by atoms with Crippen LogP contribution in [0.3, 0.4) is 0 Å². The third-order valence-corrected chi connectivity index (χ3v) is 3.47. The number of carbonyl (C=O) groups is 1. The van der Waals surface area contributed by atoms with E-state index in [1.54, 1.807) is 30.3 Å². The normalized spacial score (nSPS) is 10.2. The van der Waals surface area contributed by atoms with Gasteiger partial charge in [0.15, 0.2) is 0 Å². The summed E-state index contributed by atoms with van der Waals surface area (Å²) in [7, 11) is 1.19. The van der Waals surface area contributed by atoms with Gasteiger partial charge >= 0.3 is 13.1 Å². The van der Waals surface area contributed by atoms with E-state index in [1.165, 1.54) is 14.2 Å². The SMILES string of the molecule is COC(=O)c1ccc(-c2ccc(OC)c(B(O)O)c2)c(C)c1. The fourth-order valence-electron chi connectivity index (χ4n) is 2.34. The van der Waals surface area contributed by atoms with Crippen LogP contribution in [-0.2, 0) is 4.74 Å². The van der Waals surface area contributed by atoms with Gasteiger partial charge in [0.05, 0.1) is 19.8 Å². The summed E-state index contributed by atoms with van der Waals surface area (Å²) in [6.45, 7) is 1.88. The number of hydrogen-bond donors (Lipinski definition) is 2. The van der Waals surface area contributed by atoms with Gasteiger partial charge in [0.25, 0.3) is 0 Å². The predicted octanol–water partition coefficient (Wildman–Crippen LogP) is 1.14. The van der Waals surface area contributed by atoms with Crippen molar-refractivity contribution in [2.75, 3.05) is 14.2 Å². The van der Waals surface area contributed by atoms with E-state index in [4.69, 9.17) is 9.47 Å². The molecule has 0 amide bonds. The Morgan fingerprint density at radius 2 is 1.82 bits per heavy atom. The van der Waals surface area contributed by atoms with Crippen molar-refractivity contribution in [1.29, 1.82) is 0 Å². The molecule has 0 fully saturated rings. The number of ether oxygens (including phenoxy) is 2. The lowest BCUT2D eigenvalue weighted by molar-refractivity contribution is 0.0600. The predicted molar refractivity (Wildman–Crippen MR) is 84.3 cm³/mol. The molecule has 114 valence electrons. The van der Waals surface area contributed by atoms with Gasteiger partial charge in [0.1, 0.15) is 5.75 Å². The molecule has 0 saturated heterocycles. The molecule has 0 heterocycles. The average Bonchev–Trinajstić information content (AvgIpc) is 2.53. The molecule has 2 rings (SSSR count). The van der Waals surface area contributed by atoms with Gasteiger partial charge in [-0.1, -0.05) is 18.2 Å². The van der Waals surface area contributed by atoms with Gasteiger partial charge in [-0.15, -0.1) is 0 Å².